The zero-order valence-corrected chi connectivity index (χ0v) is 24.0. The summed E-state index contributed by atoms with van der Waals surface area (Å²) in [5.74, 6) is 1.43. The smallest absolute Gasteiger partial charge is 0.227 e. The highest BCUT2D eigenvalue weighted by Crippen LogP contribution is 2.33. The number of hydrogen-bond donors (Lipinski definition) is 0. The zero-order chi connectivity index (χ0) is 26.6. The van der Waals surface area contributed by atoms with Gasteiger partial charge in [-0.3, -0.25) is 4.79 Å². The van der Waals surface area contributed by atoms with E-state index in [1.54, 1.807) is 0 Å². The minimum Gasteiger partial charge on any atom is -0.328 e. The van der Waals surface area contributed by atoms with Crippen LogP contribution in [0, 0.1) is 6.92 Å². The summed E-state index contributed by atoms with van der Waals surface area (Å²) in [6.07, 6.45) is 19.8. The van der Waals surface area contributed by atoms with Crippen LogP contribution >= 0.6 is 0 Å². The summed E-state index contributed by atoms with van der Waals surface area (Å²) >= 11 is 0. The van der Waals surface area contributed by atoms with Crippen LogP contribution < -0.4 is 4.90 Å². The van der Waals surface area contributed by atoms with Crippen LogP contribution in [0.2, 0.25) is 0 Å². The van der Waals surface area contributed by atoms with Gasteiger partial charge >= 0.3 is 0 Å². The lowest BCUT2D eigenvalue weighted by Gasteiger charge is -2.17. The summed E-state index contributed by atoms with van der Waals surface area (Å²) in [7, 11) is 0. The minimum absolute atomic E-state index is 0.142. The Labute approximate surface area is 230 Å². The number of aromatic nitrogens is 2. The SMILES string of the molecule is CCCCCCCCCCCCCCCCn1c([C@H]2CC(=O)N(c3ccc(C)cc3)C2)nc2ccccc21. The monoisotopic (exact) mass is 515 g/mol. The number of rotatable bonds is 17. The lowest BCUT2D eigenvalue weighted by atomic mass is 10.0. The van der Waals surface area contributed by atoms with Gasteiger partial charge in [0.15, 0.2) is 0 Å². The fourth-order valence-electron chi connectivity index (χ4n) is 5.96. The molecule has 0 bridgehead atoms. The van der Waals surface area contributed by atoms with Crippen LogP contribution in [0.4, 0.5) is 5.69 Å². The van der Waals surface area contributed by atoms with Gasteiger partial charge in [0.2, 0.25) is 5.91 Å². The van der Waals surface area contributed by atoms with E-state index in [1.165, 1.54) is 101 Å². The molecule has 206 valence electrons. The van der Waals surface area contributed by atoms with E-state index in [-0.39, 0.29) is 11.8 Å². The third kappa shape index (κ3) is 7.94. The summed E-state index contributed by atoms with van der Waals surface area (Å²) in [5.41, 5.74) is 4.47. The van der Waals surface area contributed by atoms with Gasteiger partial charge in [-0.2, -0.15) is 0 Å². The molecule has 4 nitrogen and oxygen atoms in total. The number of anilines is 1. The molecule has 1 amide bonds. The molecule has 4 heteroatoms. The lowest BCUT2D eigenvalue weighted by Crippen LogP contribution is -2.24. The molecule has 1 aromatic heterocycles. The number of para-hydroxylation sites is 2. The predicted molar refractivity (Wildman–Crippen MR) is 161 cm³/mol. The van der Waals surface area contributed by atoms with Crippen LogP contribution in [0.5, 0.6) is 0 Å². The first-order valence-corrected chi connectivity index (χ1v) is 15.5. The van der Waals surface area contributed by atoms with Crippen LogP contribution in [0.15, 0.2) is 48.5 Å². The molecule has 0 spiro atoms. The Kier molecular flexibility index (Phi) is 11.3. The second-order valence-electron chi connectivity index (χ2n) is 11.4. The van der Waals surface area contributed by atoms with Gasteiger partial charge in [0.05, 0.1) is 11.0 Å². The van der Waals surface area contributed by atoms with Crippen molar-refractivity contribution in [3.8, 4) is 0 Å². The minimum atomic E-state index is 0.142. The molecule has 0 aliphatic carbocycles. The van der Waals surface area contributed by atoms with Crippen molar-refractivity contribution in [2.45, 2.75) is 123 Å². The lowest BCUT2D eigenvalue weighted by molar-refractivity contribution is -0.117. The molecule has 2 aromatic carbocycles. The van der Waals surface area contributed by atoms with E-state index >= 15 is 0 Å². The summed E-state index contributed by atoms with van der Waals surface area (Å²) in [6, 6.07) is 16.8. The Morgan fingerprint density at radius 1 is 0.763 bits per heavy atom. The molecule has 1 saturated heterocycles. The Hall–Kier alpha value is -2.62. The van der Waals surface area contributed by atoms with Crippen LogP contribution in [0.25, 0.3) is 11.0 Å². The fourth-order valence-corrected chi connectivity index (χ4v) is 5.96. The van der Waals surface area contributed by atoms with E-state index < -0.39 is 0 Å². The van der Waals surface area contributed by atoms with Crippen molar-refractivity contribution in [1.82, 2.24) is 9.55 Å². The number of aryl methyl sites for hydroxylation is 2. The largest absolute Gasteiger partial charge is 0.328 e. The second kappa shape index (κ2) is 15.1. The van der Waals surface area contributed by atoms with Crippen molar-refractivity contribution in [1.29, 1.82) is 0 Å². The van der Waals surface area contributed by atoms with Gasteiger partial charge in [0.1, 0.15) is 5.82 Å². The van der Waals surface area contributed by atoms with Crippen molar-refractivity contribution in [2.24, 2.45) is 0 Å². The number of hydrogen-bond acceptors (Lipinski definition) is 2. The molecule has 1 aliphatic heterocycles. The summed E-state index contributed by atoms with van der Waals surface area (Å²) in [5, 5.41) is 0. The molecule has 38 heavy (non-hydrogen) atoms. The van der Waals surface area contributed by atoms with Crippen molar-refractivity contribution in [3.05, 3.63) is 59.9 Å². The number of amides is 1. The third-order valence-corrected chi connectivity index (χ3v) is 8.26. The molecular weight excluding hydrogens is 466 g/mol. The molecule has 0 N–H and O–H groups in total. The van der Waals surface area contributed by atoms with Gasteiger partial charge in [0, 0.05) is 31.1 Å². The summed E-state index contributed by atoms with van der Waals surface area (Å²) in [6.45, 7) is 6.07. The van der Waals surface area contributed by atoms with Crippen molar-refractivity contribution in [2.75, 3.05) is 11.4 Å². The fraction of sp³-hybridized carbons (Fsp3) is 0.588. The second-order valence-corrected chi connectivity index (χ2v) is 11.4. The van der Waals surface area contributed by atoms with Crippen LogP contribution in [-0.4, -0.2) is 22.0 Å². The van der Waals surface area contributed by atoms with Gasteiger partial charge in [-0.1, -0.05) is 120 Å². The number of fused-ring (bicyclic) bond motifs is 1. The molecule has 2 heterocycles. The maximum Gasteiger partial charge on any atom is 0.227 e. The van der Waals surface area contributed by atoms with Gasteiger partial charge in [-0.25, -0.2) is 4.98 Å². The van der Waals surface area contributed by atoms with Crippen LogP contribution in [0.3, 0.4) is 0 Å². The molecule has 1 fully saturated rings. The zero-order valence-electron chi connectivity index (χ0n) is 24.0. The molecule has 0 radical (unpaired) electrons. The van der Waals surface area contributed by atoms with Gasteiger partial charge in [-0.15, -0.1) is 0 Å². The van der Waals surface area contributed by atoms with E-state index in [9.17, 15) is 4.79 Å². The molecule has 3 aromatic rings. The van der Waals surface area contributed by atoms with Crippen molar-refractivity contribution >= 4 is 22.6 Å². The number of carbonyl (C=O) groups excluding carboxylic acids is 1. The number of unbranched alkanes of at least 4 members (excludes halogenated alkanes) is 13. The highest BCUT2D eigenvalue weighted by Gasteiger charge is 2.34. The number of nitrogens with zero attached hydrogens (tertiary/aromatic N) is 3. The average Bonchev–Trinajstić information content (AvgIpc) is 3.49. The van der Waals surface area contributed by atoms with E-state index in [0.717, 1.165) is 23.6 Å². The van der Waals surface area contributed by atoms with Crippen molar-refractivity contribution < 1.29 is 4.79 Å². The molecule has 4 rings (SSSR count). The summed E-state index contributed by atoms with van der Waals surface area (Å²) in [4.78, 5) is 19.9. The van der Waals surface area contributed by atoms with Gasteiger partial charge in [-0.05, 0) is 37.6 Å². The maximum atomic E-state index is 13.0. The molecule has 1 atom stereocenters. The molecule has 1 aliphatic rings. The molecule has 0 saturated carbocycles. The summed E-state index contributed by atoms with van der Waals surface area (Å²) < 4.78 is 2.41. The van der Waals surface area contributed by atoms with E-state index in [2.05, 4.69) is 66.9 Å². The van der Waals surface area contributed by atoms with Gasteiger partial charge in [0.25, 0.3) is 0 Å². The van der Waals surface area contributed by atoms with E-state index in [0.29, 0.717) is 13.0 Å². The highest BCUT2D eigenvalue weighted by atomic mass is 16.2. The van der Waals surface area contributed by atoms with E-state index in [1.807, 2.05) is 4.90 Å². The average molecular weight is 516 g/mol. The number of imidazole rings is 1. The van der Waals surface area contributed by atoms with Gasteiger partial charge < -0.3 is 9.47 Å². The first-order chi connectivity index (χ1) is 18.7. The Morgan fingerprint density at radius 2 is 1.34 bits per heavy atom. The normalized spacial score (nSPS) is 15.7. The molecule has 0 unspecified atom stereocenters. The quantitative estimate of drug-likeness (QED) is 0.168. The van der Waals surface area contributed by atoms with Crippen molar-refractivity contribution in [3.63, 3.8) is 0 Å². The first-order valence-electron chi connectivity index (χ1n) is 15.5. The van der Waals surface area contributed by atoms with Crippen LogP contribution in [0.1, 0.15) is 121 Å². The molecular formula is C34H49N3O. The number of benzene rings is 2. The topological polar surface area (TPSA) is 38.1 Å². The van der Waals surface area contributed by atoms with E-state index in [4.69, 9.17) is 4.98 Å². The van der Waals surface area contributed by atoms with Crippen LogP contribution in [-0.2, 0) is 11.3 Å². The standard InChI is InChI=1S/C34H49N3O/c1-3-4-5-6-7-8-9-10-11-12-13-14-15-18-25-36-32-20-17-16-19-31(32)35-34(36)29-26-33(38)37(27-29)30-23-21-28(2)22-24-30/h16-17,19-24,29H,3-15,18,25-27H2,1-2H3/t29-/m0/s1. The third-order valence-electron chi connectivity index (χ3n) is 8.26. The Bertz CT molecular complexity index is 1120. The number of carbonyl (C=O) groups is 1. The highest BCUT2D eigenvalue weighted by molar-refractivity contribution is 5.96. The predicted octanol–water partition coefficient (Wildman–Crippen LogP) is 9.35. The Morgan fingerprint density at radius 3 is 1.97 bits per heavy atom. The Balaban J connectivity index is 1.22. The first kappa shape index (κ1) is 28.4. The maximum absolute atomic E-state index is 13.0.